The number of amides is 2. The van der Waals surface area contributed by atoms with E-state index in [-0.39, 0.29) is 35.8 Å². The molecule has 0 aliphatic rings. The number of nitrogens with zero attached hydrogens (tertiary/aromatic N) is 1. The summed E-state index contributed by atoms with van der Waals surface area (Å²) in [5, 5.41) is 2.44. The molecule has 0 saturated heterocycles. The van der Waals surface area contributed by atoms with E-state index in [4.69, 9.17) is 10.2 Å². The molecule has 1 aromatic carbocycles. The lowest BCUT2D eigenvalue weighted by molar-refractivity contribution is -0.119. The Morgan fingerprint density at radius 1 is 1.25 bits per heavy atom. The molecule has 0 atom stereocenters. The molecule has 149 valence electrons. The Kier molecular flexibility index (Phi) is 7.36. The van der Waals surface area contributed by atoms with E-state index < -0.39 is 30.6 Å². The molecule has 0 aliphatic carbocycles. The van der Waals surface area contributed by atoms with Gasteiger partial charge in [-0.25, -0.2) is 13.8 Å². The third-order valence-corrected chi connectivity index (χ3v) is 3.87. The molecule has 9 heteroatoms. The van der Waals surface area contributed by atoms with Gasteiger partial charge in [0, 0.05) is 31.4 Å². The van der Waals surface area contributed by atoms with Gasteiger partial charge in [0.15, 0.2) is 0 Å². The Bertz CT molecular complexity index is 822. The van der Waals surface area contributed by atoms with Gasteiger partial charge in [0.05, 0.1) is 12.6 Å². The number of primary amides is 1. The molecule has 1 radical (unpaired) electrons. The largest absolute Gasteiger partial charge is 0.442 e. The molecule has 28 heavy (non-hydrogen) atoms. The molecule has 0 spiro atoms. The second kappa shape index (κ2) is 9.72. The minimum Gasteiger partial charge on any atom is -0.442 e. The Balaban J connectivity index is 1.72. The molecule has 2 aromatic rings. The lowest BCUT2D eigenvalue weighted by Gasteiger charge is -2.17. The average Bonchev–Trinajstić information content (AvgIpc) is 3.18. The predicted molar refractivity (Wildman–Crippen MR) is 95.6 cm³/mol. The molecule has 2 rings (SSSR count). The van der Waals surface area contributed by atoms with Crippen molar-refractivity contribution in [2.24, 2.45) is 5.73 Å². The van der Waals surface area contributed by atoms with Crippen molar-refractivity contribution >= 4 is 17.6 Å². The third-order valence-electron chi connectivity index (χ3n) is 3.87. The molecule has 0 saturated carbocycles. The van der Waals surface area contributed by atoms with Crippen LogP contribution < -0.4 is 11.1 Å². The molecule has 0 aliphatic heterocycles. The number of alkyl halides is 2. The van der Waals surface area contributed by atoms with Gasteiger partial charge >= 0.3 is 0 Å². The number of oxazole rings is 1. The summed E-state index contributed by atoms with van der Waals surface area (Å²) >= 11 is 0. The Hall–Kier alpha value is -3.10. The number of carbonyl (C=O) groups excluding carboxylic acids is 3. The monoisotopic (exact) mass is 392 g/mol. The predicted octanol–water partition coefficient (Wildman–Crippen LogP) is 2.32. The first-order valence-corrected chi connectivity index (χ1v) is 8.58. The summed E-state index contributed by atoms with van der Waals surface area (Å²) in [4.78, 5) is 38.4. The van der Waals surface area contributed by atoms with Crippen LogP contribution in [-0.4, -0.2) is 35.0 Å². The summed E-state index contributed by atoms with van der Waals surface area (Å²) in [6, 6.07) is 5.85. The van der Waals surface area contributed by atoms with Gasteiger partial charge in [-0.1, -0.05) is 18.2 Å². The lowest BCUT2D eigenvalue weighted by atomic mass is 9.98. The van der Waals surface area contributed by atoms with Crippen molar-refractivity contribution in [3.05, 3.63) is 60.2 Å². The standard InChI is InChI=1S/C19H20F2N3O4/c20-19(21,12-13-4-1-2-5-14(13)17(22)27)8-7-16(26)23-9-3-6-15(25)18-24-10-11-28-18/h1-2,4-5,7,10-11H,3,6,8-9,12H2,(H2,22,27)(H,23,26). The van der Waals surface area contributed by atoms with Crippen LogP contribution >= 0.6 is 0 Å². The van der Waals surface area contributed by atoms with Crippen molar-refractivity contribution in [3.8, 4) is 0 Å². The molecule has 1 heterocycles. The molecule has 0 unspecified atom stereocenters. The number of hydrogen-bond donors (Lipinski definition) is 2. The number of ketones is 1. The van der Waals surface area contributed by atoms with E-state index in [0.717, 1.165) is 6.42 Å². The van der Waals surface area contributed by atoms with E-state index in [1.54, 1.807) is 0 Å². The van der Waals surface area contributed by atoms with Crippen LogP contribution in [0.5, 0.6) is 0 Å². The summed E-state index contributed by atoms with van der Waals surface area (Å²) in [6.07, 6.45) is 2.42. The van der Waals surface area contributed by atoms with Crippen molar-refractivity contribution < 1.29 is 27.6 Å². The summed E-state index contributed by atoms with van der Waals surface area (Å²) in [7, 11) is 0. The Morgan fingerprint density at radius 3 is 2.68 bits per heavy atom. The highest BCUT2D eigenvalue weighted by Crippen LogP contribution is 2.26. The number of nitrogens with two attached hydrogens (primary N) is 1. The molecular formula is C19H20F2N3O4. The van der Waals surface area contributed by atoms with Crippen LogP contribution in [0.4, 0.5) is 8.78 Å². The quantitative estimate of drug-likeness (QED) is 0.450. The van der Waals surface area contributed by atoms with Gasteiger partial charge in [-0.2, -0.15) is 0 Å². The zero-order valence-corrected chi connectivity index (χ0v) is 15.0. The summed E-state index contributed by atoms with van der Waals surface area (Å²) in [6.45, 7) is 0.151. The maximum Gasteiger partial charge on any atom is 0.263 e. The van der Waals surface area contributed by atoms with Crippen LogP contribution in [-0.2, 0) is 11.2 Å². The van der Waals surface area contributed by atoms with Crippen LogP contribution in [0.1, 0.15) is 45.9 Å². The molecule has 2 amide bonds. The molecule has 3 N–H and O–H groups in total. The minimum absolute atomic E-state index is 0.00577. The number of nitrogens with one attached hydrogen (secondary N) is 1. The Labute approximate surface area is 160 Å². The maximum absolute atomic E-state index is 14.1. The highest BCUT2D eigenvalue weighted by molar-refractivity contribution is 5.94. The van der Waals surface area contributed by atoms with Crippen LogP contribution in [0.25, 0.3) is 0 Å². The van der Waals surface area contributed by atoms with E-state index >= 15 is 0 Å². The summed E-state index contributed by atoms with van der Waals surface area (Å²) in [5.74, 6) is -4.97. The van der Waals surface area contributed by atoms with Gasteiger partial charge in [-0.15, -0.1) is 0 Å². The van der Waals surface area contributed by atoms with Gasteiger partial charge < -0.3 is 15.5 Å². The highest BCUT2D eigenvalue weighted by Gasteiger charge is 2.31. The average molecular weight is 392 g/mol. The van der Waals surface area contributed by atoms with E-state index in [0.29, 0.717) is 6.42 Å². The molecule has 7 nitrogen and oxygen atoms in total. The lowest BCUT2D eigenvalue weighted by Crippen LogP contribution is -2.29. The van der Waals surface area contributed by atoms with Gasteiger partial charge in [0.1, 0.15) is 6.26 Å². The fourth-order valence-corrected chi connectivity index (χ4v) is 2.51. The van der Waals surface area contributed by atoms with E-state index in [9.17, 15) is 23.2 Å². The molecule has 0 bridgehead atoms. The van der Waals surface area contributed by atoms with Crippen molar-refractivity contribution in [2.45, 2.75) is 31.6 Å². The van der Waals surface area contributed by atoms with E-state index in [1.807, 2.05) is 0 Å². The zero-order chi connectivity index (χ0) is 20.6. The topological polar surface area (TPSA) is 115 Å². The second-order valence-corrected chi connectivity index (χ2v) is 6.12. The van der Waals surface area contributed by atoms with Crippen LogP contribution in [0.2, 0.25) is 0 Å². The first-order chi connectivity index (χ1) is 13.3. The second-order valence-electron chi connectivity index (χ2n) is 6.12. The number of halogens is 2. The zero-order valence-electron chi connectivity index (χ0n) is 15.0. The highest BCUT2D eigenvalue weighted by atomic mass is 19.3. The van der Waals surface area contributed by atoms with Gasteiger partial charge in [-0.3, -0.25) is 14.4 Å². The van der Waals surface area contributed by atoms with E-state index in [2.05, 4.69) is 10.3 Å². The minimum atomic E-state index is -3.22. The van der Waals surface area contributed by atoms with Gasteiger partial charge in [-0.05, 0) is 18.1 Å². The first-order valence-electron chi connectivity index (χ1n) is 8.58. The third kappa shape index (κ3) is 6.57. The molecule has 0 fully saturated rings. The Morgan fingerprint density at radius 2 is 2.00 bits per heavy atom. The molecular weight excluding hydrogens is 372 g/mol. The van der Waals surface area contributed by atoms with Gasteiger partial charge in [0.25, 0.3) is 11.8 Å². The number of hydrogen-bond acceptors (Lipinski definition) is 5. The normalized spacial score (nSPS) is 11.2. The van der Waals surface area contributed by atoms with Crippen LogP contribution in [0, 0.1) is 6.42 Å². The van der Waals surface area contributed by atoms with Crippen LogP contribution in [0.3, 0.4) is 0 Å². The first kappa shape index (κ1) is 21.2. The summed E-state index contributed by atoms with van der Waals surface area (Å²) in [5.41, 5.74) is 5.34. The van der Waals surface area contributed by atoms with Crippen molar-refractivity contribution in [1.29, 1.82) is 0 Å². The van der Waals surface area contributed by atoms with Gasteiger partial charge in [0.2, 0.25) is 17.6 Å². The number of carbonyl (C=O) groups is 3. The number of rotatable bonds is 11. The number of Topliss-reactive ketones (excluding diaryl/α,β-unsaturated/α-hetero) is 1. The number of benzene rings is 1. The molecule has 1 aromatic heterocycles. The van der Waals surface area contributed by atoms with Crippen molar-refractivity contribution in [1.82, 2.24) is 10.3 Å². The van der Waals surface area contributed by atoms with E-state index in [1.165, 1.54) is 36.7 Å². The van der Waals surface area contributed by atoms with Crippen LogP contribution in [0.15, 0.2) is 41.1 Å². The fourth-order valence-electron chi connectivity index (χ4n) is 2.51. The smallest absolute Gasteiger partial charge is 0.263 e. The number of aromatic nitrogens is 1. The SMILES string of the molecule is NC(=O)c1ccccc1CC(F)(F)C[CH]C(=O)NCCCC(=O)c1ncco1. The van der Waals surface area contributed by atoms with Crippen molar-refractivity contribution in [3.63, 3.8) is 0 Å². The summed E-state index contributed by atoms with van der Waals surface area (Å²) < 4.78 is 33.1. The maximum atomic E-state index is 14.1. The van der Waals surface area contributed by atoms with Crippen molar-refractivity contribution in [2.75, 3.05) is 6.54 Å². The fraction of sp³-hybridized carbons (Fsp3) is 0.316.